The molecule has 1 aromatic heterocycles. The lowest BCUT2D eigenvalue weighted by atomic mass is 10.3. The molecule has 0 saturated heterocycles. The summed E-state index contributed by atoms with van der Waals surface area (Å²) in [5.41, 5.74) is 0.403. The number of amides is 1. The molecule has 0 fully saturated rings. The van der Waals surface area contributed by atoms with Crippen LogP contribution in [0.3, 0.4) is 0 Å². The Balaban J connectivity index is 2.08. The lowest BCUT2D eigenvalue weighted by molar-refractivity contribution is -0.154. The van der Waals surface area contributed by atoms with E-state index in [9.17, 15) is 14.0 Å². The van der Waals surface area contributed by atoms with Crippen molar-refractivity contribution in [2.24, 2.45) is 0 Å². The molecular formula is C12H12FN5O3. The zero-order valence-corrected chi connectivity index (χ0v) is 11.1. The molecule has 0 aliphatic rings. The maximum Gasteiger partial charge on any atom is 0.396 e. The first kappa shape index (κ1) is 14.6. The Morgan fingerprint density at radius 2 is 2.24 bits per heavy atom. The van der Waals surface area contributed by atoms with E-state index in [-0.39, 0.29) is 19.0 Å². The minimum atomic E-state index is -0.984. The number of carbonyl (C=O) groups excluding carboxylic acids is 2. The van der Waals surface area contributed by atoms with Crippen molar-refractivity contribution < 1.29 is 18.7 Å². The molecule has 0 spiro atoms. The maximum atomic E-state index is 13.2. The monoisotopic (exact) mass is 293 g/mol. The first-order valence-corrected chi connectivity index (χ1v) is 6.10. The number of benzene rings is 1. The van der Waals surface area contributed by atoms with E-state index in [0.29, 0.717) is 5.69 Å². The minimum Gasteiger partial charge on any atom is -0.459 e. The van der Waals surface area contributed by atoms with Crippen LogP contribution in [0.15, 0.2) is 24.3 Å². The number of nitrogens with zero attached hydrogens (tertiary/aromatic N) is 4. The zero-order valence-electron chi connectivity index (χ0n) is 11.1. The second-order valence-electron chi connectivity index (χ2n) is 3.89. The topological polar surface area (TPSA) is 99.0 Å². The molecule has 0 bridgehead atoms. The highest BCUT2D eigenvalue weighted by Gasteiger charge is 2.16. The number of ether oxygens (including phenoxy) is 1. The summed E-state index contributed by atoms with van der Waals surface area (Å²) in [6, 6.07) is 5.65. The molecular weight excluding hydrogens is 281 g/mol. The van der Waals surface area contributed by atoms with Crippen molar-refractivity contribution >= 4 is 11.9 Å². The molecule has 9 heteroatoms. The molecule has 21 heavy (non-hydrogen) atoms. The molecule has 1 amide bonds. The molecule has 1 aromatic carbocycles. The van der Waals surface area contributed by atoms with Gasteiger partial charge in [0.1, 0.15) is 5.82 Å². The summed E-state index contributed by atoms with van der Waals surface area (Å²) in [7, 11) is 0. The van der Waals surface area contributed by atoms with Crippen molar-refractivity contribution in [1.82, 2.24) is 25.5 Å². The van der Waals surface area contributed by atoms with Crippen LogP contribution in [0.4, 0.5) is 4.39 Å². The van der Waals surface area contributed by atoms with Gasteiger partial charge >= 0.3 is 11.9 Å². The van der Waals surface area contributed by atoms with E-state index in [0.717, 1.165) is 0 Å². The van der Waals surface area contributed by atoms with E-state index in [1.165, 1.54) is 22.9 Å². The summed E-state index contributed by atoms with van der Waals surface area (Å²) >= 11 is 0. The van der Waals surface area contributed by atoms with Crippen molar-refractivity contribution in [2.75, 3.05) is 6.61 Å². The Morgan fingerprint density at radius 1 is 1.43 bits per heavy atom. The Labute approximate surface area is 118 Å². The van der Waals surface area contributed by atoms with Gasteiger partial charge in [-0.1, -0.05) is 6.07 Å². The van der Waals surface area contributed by atoms with E-state index in [2.05, 4.69) is 25.6 Å². The van der Waals surface area contributed by atoms with Gasteiger partial charge in [-0.05, 0) is 35.5 Å². The highest BCUT2D eigenvalue weighted by molar-refractivity contribution is 6.32. The third-order valence-electron chi connectivity index (χ3n) is 2.45. The smallest absolute Gasteiger partial charge is 0.396 e. The van der Waals surface area contributed by atoms with E-state index in [1.54, 1.807) is 13.0 Å². The average molecular weight is 293 g/mol. The molecule has 0 aliphatic heterocycles. The van der Waals surface area contributed by atoms with Gasteiger partial charge in [0, 0.05) is 0 Å². The first-order chi connectivity index (χ1) is 10.1. The van der Waals surface area contributed by atoms with Gasteiger partial charge in [0.2, 0.25) is 0 Å². The van der Waals surface area contributed by atoms with Crippen LogP contribution in [0.25, 0.3) is 5.69 Å². The molecule has 0 unspecified atom stereocenters. The van der Waals surface area contributed by atoms with Crippen LogP contribution < -0.4 is 5.32 Å². The number of rotatable bonds is 4. The number of tetrazole rings is 1. The molecule has 0 atom stereocenters. The van der Waals surface area contributed by atoms with Gasteiger partial charge in [0.05, 0.1) is 18.8 Å². The molecule has 0 saturated carbocycles. The number of hydrogen-bond acceptors (Lipinski definition) is 6. The molecule has 0 radical (unpaired) electrons. The second-order valence-corrected chi connectivity index (χ2v) is 3.89. The highest BCUT2D eigenvalue weighted by Crippen LogP contribution is 2.09. The largest absolute Gasteiger partial charge is 0.459 e. The maximum absolute atomic E-state index is 13.2. The number of nitrogens with one attached hydrogen (secondary N) is 1. The van der Waals surface area contributed by atoms with Gasteiger partial charge in [0.15, 0.2) is 5.82 Å². The Hall–Kier alpha value is -2.84. The fourth-order valence-corrected chi connectivity index (χ4v) is 1.55. The Bertz CT molecular complexity index is 658. The third-order valence-corrected chi connectivity index (χ3v) is 2.45. The quantitative estimate of drug-likeness (QED) is 0.628. The summed E-state index contributed by atoms with van der Waals surface area (Å²) in [6.45, 7) is 1.60. The number of esters is 1. The Kier molecular flexibility index (Phi) is 4.54. The Morgan fingerprint density at radius 3 is 2.95 bits per heavy atom. The first-order valence-electron chi connectivity index (χ1n) is 6.10. The van der Waals surface area contributed by atoms with Crippen LogP contribution in [0.5, 0.6) is 0 Å². The van der Waals surface area contributed by atoms with E-state index in [4.69, 9.17) is 0 Å². The van der Waals surface area contributed by atoms with E-state index in [1.807, 2.05) is 0 Å². The summed E-state index contributed by atoms with van der Waals surface area (Å²) in [5, 5.41) is 13.2. The summed E-state index contributed by atoms with van der Waals surface area (Å²) < 4.78 is 19.0. The molecule has 1 heterocycles. The van der Waals surface area contributed by atoms with Crippen LogP contribution in [0.2, 0.25) is 0 Å². The lowest BCUT2D eigenvalue weighted by Crippen LogP contribution is -2.32. The number of halogens is 1. The average Bonchev–Trinajstić information content (AvgIpc) is 2.93. The molecule has 0 aliphatic carbocycles. The van der Waals surface area contributed by atoms with Crippen LogP contribution in [0, 0.1) is 5.82 Å². The van der Waals surface area contributed by atoms with Gasteiger partial charge in [-0.25, -0.2) is 9.18 Å². The van der Waals surface area contributed by atoms with Gasteiger partial charge in [-0.3, -0.25) is 4.79 Å². The van der Waals surface area contributed by atoms with Crippen LogP contribution in [0.1, 0.15) is 12.7 Å². The van der Waals surface area contributed by atoms with Gasteiger partial charge in [-0.2, -0.15) is 4.68 Å². The molecule has 2 aromatic rings. The van der Waals surface area contributed by atoms with Crippen molar-refractivity contribution in [3.8, 4) is 5.69 Å². The van der Waals surface area contributed by atoms with Crippen molar-refractivity contribution in [1.29, 1.82) is 0 Å². The molecule has 1 N–H and O–H groups in total. The molecule has 2 rings (SSSR count). The highest BCUT2D eigenvalue weighted by atomic mass is 19.1. The normalized spacial score (nSPS) is 10.2. The SMILES string of the molecule is CCOC(=O)C(=O)NCc1nnnn1-c1cccc(F)c1. The number of aromatic nitrogens is 4. The zero-order chi connectivity index (χ0) is 15.2. The summed E-state index contributed by atoms with van der Waals surface area (Å²) in [4.78, 5) is 22.6. The van der Waals surface area contributed by atoms with Crippen LogP contribution in [-0.4, -0.2) is 38.7 Å². The minimum absolute atomic E-state index is 0.0961. The number of hydrogen-bond donors (Lipinski definition) is 1. The van der Waals surface area contributed by atoms with Gasteiger partial charge < -0.3 is 10.1 Å². The standard InChI is InChI=1S/C12H12FN5O3/c1-2-21-12(20)11(19)14-7-10-15-16-17-18(10)9-5-3-4-8(13)6-9/h3-6H,2,7H2,1H3,(H,14,19). The van der Waals surface area contributed by atoms with Gasteiger partial charge in [0.25, 0.3) is 0 Å². The van der Waals surface area contributed by atoms with Gasteiger partial charge in [-0.15, -0.1) is 5.10 Å². The summed E-state index contributed by atoms with van der Waals surface area (Å²) in [5.74, 6) is -2.07. The fourth-order valence-electron chi connectivity index (χ4n) is 1.55. The molecule has 8 nitrogen and oxygen atoms in total. The predicted molar refractivity (Wildman–Crippen MR) is 67.6 cm³/mol. The predicted octanol–water partition coefficient (Wildman–Crippen LogP) is -0.0193. The third kappa shape index (κ3) is 3.59. The summed E-state index contributed by atoms with van der Waals surface area (Å²) in [6.07, 6.45) is 0. The lowest BCUT2D eigenvalue weighted by Gasteiger charge is -2.06. The van der Waals surface area contributed by atoms with E-state index < -0.39 is 17.7 Å². The van der Waals surface area contributed by atoms with Crippen molar-refractivity contribution in [3.05, 3.63) is 35.9 Å². The fraction of sp³-hybridized carbons (Fsp3) is 0.250. The second kappa shape index (κ2) is 6.55. The van der Waals surface area contributed by atoms with Crippen molar-refractivity contribution in [3.63, 3.8) is 0 Å². The van der Waals surface area contributed by atoms with Crippen molar-refractivity contribution in [2.45, 2.75) is 13.5 Å². The van der Waals surface area contributed by atoms with Crippen LogP contribution in [-0.2, 0) is 20.9 Å². The van der Waals surface area contributed by atoms with Crippen LogP contribution >= 0.6 is 0 Å². The number of carbonyl (C=O) groups is 2. The molecule has 110 valence electrons. The van der Waals surface area contributed by atoms with E-state index >= 15 is 0 Å².